The van der Waals surface area contributed by atoms with Crippen LogP contribution in [0.3, 0.4) is 0 Å². The number of carbonyl (C=O) groups is 2. The second kappa shape index (κ2) is 11.9. The second-order valence-corrected chi connectivity index (χ2v) is 16.1. The van der Waals surface area contributed by atoms with E-state index in [0.29, 0.717) is 16.7 Å². The summed E-state index contributed by atoms with van der Waals surface area (Å²) in [7, 11) is 0. The van der Waals surface area contributed by atoms with E-state index in [-0.39, 0.29) is 18.5 Å². The Balaban J connectivity index is 1.31. The second-order valence-electron chi connectivity index (χ2n) is 16.1. The van der Waals surface area contributed by atoms with Crippen molar-refractivity contribution in [3.8, 4) is 0 Å². The first kappa shape index (κ1) is 30.7. The molecule has 2 N–H and O–H groups in total. The molecule has 0 aromatic heterocycles. The molecule has 0 radical (unpaired) electrons. The van der Waals surface area contributed by atoms with E-state index in [1.54, 1.807) is 0 Å². The molecule has 4 saturated carbocycles. The summed E-state index contributed by atoms with van der Waals surface area (Å²) in [5.74, 6) is 5.89. The summed E-state index contributed by atoms with van der Waals surface area (Å²) in [4.78, 5) is 24.5. The number of rotatable bonds is 8. The molecule has 0 bridgehead atoms. The summed E-state index contributed by atoms with van der Waals surface area (Å²) in [5, 5.41) is 5.84. The Hall–Kier alpha value is -1.26. The first-order valence-electron chi connectivity index (χ1n) is 16.5. The van der Waals surface area contributed by atoms with Crippen molar-refractivity contribution in [3.05, 3.63) is 0 Å². The Labute approximate surface area is 239 Å². The number of nitrogens with one attached hydrogen (secondary N) is 2. The average molecular weight is 545 g/mol. The van der Waals surface area contributed by atoms with Gasteiger partial charge in [0.05, 0.1) is 0 Å². The topological polar surface area (TPSA) is 67.4 Å². The first-order valence-corrected chi connectivity index (χ1v) is 16.5. The molecule has 0 saturated heterocycles. The van der Waals surface area contributed by atoms with Gasteiger partial charge in [-0.05, 0) is 131 Å². The summed E-state index contributed by atoms with van der Waals surface area (Å²) in [6, 6.07) is 0.226. The molecule has 5 nitrogen and oxygen atoms in total. The Kier molecular flexibility index (Phi) is 9.38. The fraction of sp³-hybridized carbons (Fsp3) is 0.941. The molecule has 2 unspecified atom stereocenters. The molecule has 224 valence electrons. The monoisotopic (exact) mass is 544 g/mol. The molecule has 4 rings (SSSR count). The summed E-state index contributed by atoms with van der Waals surface area (Å²) < 4.78 is 5.26. The minimum Gasteiger partial charge on any atom is -0.444 e. The fourth-order valence-electron chi connectivity index (χ4n) is 10.2. The van der Waals surface area contributed by atoms with Crippen molar-refractivity contribution in [2.75, 3.05) is 6.54 Å². The van der Waals surface area contributed by atoms with Crippen LogP contribution < -0.4 is 10.6 Å². The molecule has 0 heterocycles. The molecule has 2 amide bonds. The lowest BCUT2D eigenvalue weighted by Gasteiger charge is -2.61. The van der Waals surface area contributed by atoms with Gasteiger partial charge in [0.15, 0.2) is 0 Å². The van der Waals surface area contributed by atoms with Gasteiger partial charge in [-0.3, -0.25) is 4.79 Å². The van der Waals surface area contributed by atoms with Gasteiger partial charge in [0.1, 0.15) is 12.1 Å². The maximum Gasteiger partial charge on any atom is 0.408 e. The maximum absolute atomic E-state index is 12.6. The first-order chi connectivity index (χ1) is 18.2. The van der Waals surface area contributed by atoms with Crippen LogP contribution in [-0.2, 0) is 9.53 Å². The number of fused-ring (bicyclic) bond motifs is 5. The number of hydrogen-bond donors (Lipinski definition) is 2. The Morgan fingerprint density at radius 1 is 0.897 bits per heavy atom. The summed E-state index contributed by atoms with van der Waals surface area (Å²) >= 11 is 0. The van der Waals surface area contributed by atoms with E-state index in [0.717, 1.165) is 48.3 Å². The van der Waals surface area contributed by atoms with E-state index in [1.165, 1.54) is 64.2 Å². The van der Waals surface area contributed by atoms with Gasteiger partial charge in [0.2, 0.25) is 5.91 Å². The third kappa shape index (κ3) is 6.80. The lowest BCUT2D eigenvalue weighted by atomic mass is 9.44. The van der Waals surface area contributed by atoms with Gasteiger partial charge in [0.25, 0.3) is 0 Å². The van der Waals surface area contributed by atoms with Gasteiger partial charge >= 0.3 is 6.09 Å². The molecule has 0 spiro atoms. The van der Waals surface area contributed by atoms with Crippen molar-refractivity contribution in [1.29, 1.82) is 0 Å². The SMILES string of the molecule is CC(C)CCC[C@@H](C)[C@H]1CC[C@H]2[C@@H]3CCC4CC(NC(=O)CNC(=O)OC(C)(C)C)CC[C@]4(C)[C@H]3CC[C@]12C. The third-order valence-electron chi connectivity index (χ3n) is 12.0. The predicted octanol–water partition coefficient (Wildman–Crippen LogP) is 8.12. The molecule has 0 aliphatic heterocycles. The number of amides is 2. The quantitative estimate of drug-likeness (QED) is 0.324. The lowest BCUT2D eigenvalue weighted by molar-refractivity contribution is -0.127. The zero-order valence-corrected chi connectivity index (χ0v) is 26.5. The highest BCUT2D eigenvalue weighted by Gasteiger charge is 2.60. The molecule has 4 fully saturated rings. The van der Waals surface area contributed by atoms with E-state index < -0.39 is 11.7 Å². The molecule has 0 aromatic rings. The minimum atomic E-state index is -0.561. The van der Waals surface area contributed by atoms with Crippen molar-refractivity contribution in [3.63, 3.8) is 0 Å². The maximum atomic E-state index is 12.6. The fourth-order valence-corrected chi connectivity index (χ4v) is 10.2. The minimum absolute atomic E-state index is 0.0185. The Morgan fingerprint density at radius 2 is 1.59 bits per heavy atom. The van der Waals surface area contributed by atoms with Crippen LogP contribution in [0.1, 0.15) is 132 Å². The summed E-state index contributed by atoms with van der Waals surface area (Å²) in [6.07, 6.45) is 15.5. The Bertz CT molecular complexity index is 865. The zero-order chi connectivity index (χ0) is 28.6. The van der Waals surface area contributed by atoms with E-state index >= 15 is 0 Å². The van der Waals surface area contributed by atoms with Crippen LogP contribution >= 0.6 is 0 Å². The van der Waals surface area contributed by atoms with Gasteiger partial charge in [-0.2, -0.15) is 0 Å². The molecule has 39 heavy (non-hydrogen) atoms. The van der Waals surface area contributed by atoms with Gasteiger partial charge in [-0.15, -0.1) is 0 Å². The number of ether oxygens (including phenoxy) is 1. The standard InChI is InChI=1S/C34H60N2O3/c1-22(2)10-9-11-23(3)27-14-15-28-26-13-12-24-20-25(36-30(37)21-35-31(38)39-32(4,5)6)16-18-33(24,7)29(26)17-19-34(27,28)8/h22-29H,9-21H2,1-8H3,(H,35,38)(H,36,37)/t23-,24?,25?,26+,27-,28+,29+,33+,34-/m1/s1. The van der Waals surface area contributed by atoms with Gasteiger partial charge < -0.3 is 15.4 Å². The smallest absolute Gasteiger partial charge is 0.408 e. The van der Waals surface area contributed by atoms with E-state index in [1.807, 2.05) is 20.8 Å². The van der Waals surface area contributed by atoms with Gasteiger partial charge in [-0.25, -0.2) is 4.79 Å². The van der Waals surface area contributed by atoms with Crippen LogP contribution in [0.15, 0.2) is 0 Å². The largest absolute Gasteiger partial charge is 0.444 e. The van der Waals surface area contributed by atoms with Crippen molar-refractivity contribution < 1.29 is 14.3 Å². The summed E-state index contributed by atoms with van der Waals surface area (Å²) in [6.45, 7) is 18.1. The lowest BCUT2D eigenvalue weighted by Crippen LogP contribution is -2.56. The summed E-state index contributed by atoms with van der Waals surface area (Å²) in [5.41, 5.74) is 0.407. The van der Waals surface area contributed by atoms with Crippen molar-refractivity contribution in [1.82, 2.24) is 10.6 Å². The molecular weight excluding hydrogens is 484 g/mol. The molecular formula is C34H60N2O3. The van der Waals surface area contributed by atoms with Gasteiger partial charge in [0, 0.05) is 6.04 Å². The molecule has 0 aromatic carbocycles. The van der Waals surface area contributed by atoms with Gasteiger partial charge in [-0.1, -0.05) is 53.9 Å². The van der Waals surface area contributed by atoms with Crippen LogP contribution in [0, 0.1) is 52.3 Å². The van der Waals surface area contributed by atoms with Crippen molar-refractivity contribution in [2.45, 2.75) is 144 Å². The van der Waals surface area contributed by atoms with Crippen LogP contribution in [-0.4, -0.2) is 30.2 Å². The predicted molar refractivity (Wildman–Crippen MR) is 159 cm³/mol. The van der Waals surface area contributed by atoms with Crippen molar-refractivity contribution >= 4 is 12.0 Å². The van der Waals surface area contributed by atoms with E-state index in [4.69, 9.17) is 4.74 Å². The number of hydrogen-bond acceptors (Lipinski definition) is 3. The number of alkyl carbamates (subject to hydrolysis) is 1. The zero-order valence-electron chi connectivity index (χ0n) is 26.5. The number of carbonyl (C=O) groups excluding carboxylic acids is 2. The van der Waals surface area contributed by atoms with Crippen LogP contribution in [0.2, 0.25) is 0 Å². The normalized spacial score (nSPS) is 38.8. The highest BCUT2D eigenvalue weighted by atomic mass is 16.6. The average Bonchev–Trinajstić information content (AvgIpc) is 3.19. The molecule has 4 aliphatic rings. The highest BCUT2D eigenvalue weighted by molar-refractivity contribution is 5.82. The van der Waals surface area contributed by atoms with Crippen LogP contribution in [0.4, 0.5) is 4.79 Å². The van der Waals surface area contributed by atoms with Crippen molar-refractivity contribution in [2.24, 2.45) is 52.3 Å². The van der Waals surface area contributed by atoms with Crippen LogP contribution in [0.5, 0.6) is 0 Å². The Morgan fingerprint density at radius 3 is 2.28 bits per heavy atom. The third-order valence-corrected chi connectivity index (χ3v) is 12.0. The van der Waals surface area contributed by atoms with E-state index in [2.05, 4.69) is 45.3 Å². The van der Waals surface area contributed by atoms with E-state index in [9.17, 15) is 9.59 Å². The molecule has 4 aliphatic carbocycles. The highest BCUT2D eigenvalue weighted by Crippen LogP contribution is 2.68. The molecule has 5 heteroatoms. The van der Waals surface area contributed by atoms with Crippen LogP contribution in [0.25, 0.3) is 0 Å². The molecule has 9 atom stereocenters.